The first-order valence-corrected chi connectivity index (χ1v) is 21.9. The highest BCUT2D eigenvalue weighted by atomic mass is 14.4. The van der Waals surface area contributed by atoms with Gasteiger partial charge in [0, 0.05) is 10.8 Å². The highest BCUT2D eigenvalue weighted by molar-refractivity contribution is 6.21. The molecule has 0 heteroatoms. The molecule has 3 aliphatic carbocycles. The van der Waals surface area contributed by atoms with Crippen molar-refractivity contribution in [2.75, 3.05) is 0 Å². The van der Waals surface area contributed by atoms with Crippen molar-refractivity contribution in [1.82, 2.24) is 0 Å². The van der Waals surface area contributed by atoms with Crippen LogP contribution in [0.25, 0.3) is 99.1 Å². The Morgan fingerprint density at radius 3 is 1.39 bits per heavy atom. The molecule has 0 aliphatic heterocycles. The Morgan fingerprint density at radius 1 is 0.279 bits per heavy atom. The molecule has 0 radical (unpaired) electrons. The lowest BCUT2D eigenvalue weighted by Gasteiger charge is -2.24. The highest BCUT2D eigenvalue weighted by Crippen LogP contribution is 2.56. The Bertz CT molecular complexity index is 3480. The van der Waals surface area contributed by atoms with Crippen molar-refractivity contribution in [2.24, 2.45) is 0 Å². The number of fused-ring (bicyclic) bond motifs is 14. The fourth-order valence-corrected chi connectivity index (χ4v) is 11.9. The lowest BCUT2D eigenvalue weighted by molar-refractivity contribution is 0.660. The fraction of sp³-hybridized carbons (Fsp3) is 0.115. The SMILES string of the molecule is CC1(C)c2cc(-c3ccc4c(c3)C(C)(C)c3ccc5c6c(ccc5c3-4)Cc3ccccc3-6)ccc2-c2ccc(-c3c4ccccc4c(-c4ccccc4)c4ccccc34)cc21. The van der Waals surface area contributed by atoms with Crippen LogP contribution in [0.15, 0.2) is 182 Å². The van der Waals surface area contributed by atoms with Gasteiger partial charge in [0.05, 0.1) is 0 Å². The molecule has 0 saturated carbocycles. The summed E-state index contributed by atoms with van der Waals surface area (Å²) in [5.41, 5.74) is 24.2. The summed E-state index contributed by atoms with van der Waals surface area (Å²) >= 11 is 0. The lowest BCUT2D eigenvalue weighted by atomic mass is 9.79. The van der Waals surface area contributed by atoms with Gasteiger partial charge in [0.2, 0.25) is 0 Å². The number of benzene rings is 10. The smallest absolute Gasteiger partial charge is 0.0159 e. The van der Waals surface area contributed by atoms with Gasteiger partial charge in [-0.2, -0.15) is 0 Å². The van der Waals surface area contributed by atoms with Gasteiger partial charge in [-0.3, -0.25) is 0 Å². The molecular formula is C61H44. The van der Waals surface area contributed by atoms with Crippen molar-refractivity contribution in [3.8, 4) is 66.8 Å². The zero-order valence-electron chi connectivity index (χ0n) is 35.0. The van der Waals surface area contributed by atoms with Crippen molar-refractivity contribution in [3.05, 3.63) is 215 Å². The van der Waals surface area contributed by atoms with Crippen LogP contribution in [0.3, 0.4) is 0 Å². The second-order valence-corrected chi connectivity index (χ2v) is 18.8. The Balaban J connectivity index is 0.912. The Hall–Kier alpha value is -7.02. The molecule has 0 spiro atoms. The normalized spacial score (nSPS) is 14.8. The van der Waals surface area contributed by atoms with E-state index in [9.17, 15) is 0 Å². The van der Waals surface area contributed by atoms with Gasteiger partial charge in [0.25, 0.3) is 0 Å². The molecule has 0 atom stereocenters. The van der Waals surface area contributed by atoms with Crippen LogP contribution in [0.2, 0.25) is 0 Å². The van der Waals surface area contributed by atoms with Gasteiger partial charge in [0.1, 0.15) is 0 Å². The van der Waals surface area contributed by atoms with E-state index in [4.69, 9.17) is 0 Å². The van der Waals surface area contributed by atoms with Gasteiger partial charge in [0.15, 0.2) is 0 Å². The van der Waals surface area contributed by atoms with Crippen LogP contribution in [0.4, 0.5) is 0 Å². The van der Waals surface area contributed by atoms with E-state index >= 15 is 0 Å². The summed E-state index contributed by atoms with van der Waals surface area (Å²) in [5, 5.41) is 7.91. The topological polar surface area (TPSA) is 0 Å². The van der Waals surface area contributed by atoms with Crippen molar-refractivity contribution >= 4 is 32.3 Å². The second kappa shape index (κ2) is 12.3. The molecule has 0 amide bonds. The van der Waals surface area contributed by atoms with E-state index in [0.29, 0.717) is 0 Å². The van der Waals surface area contributed by atoms with Crippen LogP contribution in [0.5, 0.6) is 0 Å². The zero-order valence-corrected chi connectivity index (χ0v) is 35.0. The molecule has 0 unspecified atom stereocenters. The molecule has 0 fully saturated rings. The highest BCUT2D eigenvalue weighted by Gasteiger charge is 2.39. The van der Waals surface area contributed by atoms with E-state index in [1.807, 2.05) is 0 Å². The van der Waals surface area contributed by atoms with Crippen LogP contribution in [0.1, 0.15) is 61.1 Å². The Labute approximate surface area is 357 Å². The maximum Gasteiger partial charge on any atom is 0.0159 e. The Kier molecular flexibility index (Phi) is 7.00. The standard InChI is InChI=1S/C61H44/c1-60(2)52-31-30-49-50(28-25-40-32-39-16-8-9-17-42(39)57(40)49)59(52)51-29-23-38(34-55(51)60)37-22-26-43-44-27-24-41(35-54(44)61(3,4)53(43)33-37)58-47-20-12-10-18-45(47)56(36-14-6-5-7-15-36)46-19-11-13-21-48(46)58/h5-31,33-35H,32H2,1-4H3. The van der Waals surface area contributed by atoms with E-state index < -0.39 is 0 Å². The second-order valence-electron chi connectivity index (χ2n) is 18.8. The lowest BCUT2D eigenvalue weighted by Crippen LogP contribution is -2.15. The van der Waals surface area contributed by atoms with Crippen molar-refractivity contribution < 1.29 is 0 Å². The summed E-state index contributed by atoms with van der Waals surface area (Å²) < 4.78 is 0. The molecule has 10 aromatic carbocycles. The van der Waals surface area contributed by atoms with Crippen LogP contribution >= 0.6 is 0 Å². The molecule has 0 N–H and O–H groups in total. The van der Waals surface area contributed by atoms with Crippen LogP contribution < -0.4 is 0 Å². The van der Waals surface area contributed by atoms with Crippen molar-refractivity contribution in [2.45, 2.75) is 44.9 Å². The molecule has 10 aromatic rings. The van der Waals surface area contributed by atoms with E-state index in [2.05, 4.69) is 210 Å². The van der Waals surface area contributed by atoms with Gasteiger partial charge in [-0.05, 0) is 157 Å². The average Bonchev–Trinajstić information content (AvgIpc) is 3.87. The molecule has 0 bridgehead atoms. The third-order valence-corrected chi connectivity index (χ3v) is 14.9. The zero-order chi connectivity index (χ0) is 40.8. The third kappa shape index (κ3) is 4.71. The van der Waals surface area contributed by atoms with Crippen molar-refractivity contribution in [3.63, 3.8) is 0 Å². The van der Waals surface area contributed by atoms with Crippen molar-refractivity contribution in [1.29, 1.82) is 0 Å². The predicted molar refractivity (Wildman–Crippen MR) is 259 cm³/mol. The molecule has 0 saturated heterocycles. The summed E-state index contributed by atoms with van der Waals surface area (Å²) in [6, 6.07) is 69.2. The Morgan fingerprint density at radius 2 is 0.738 bits per heavy atom. The largest absolute Gasteiger partial charge is 0.0622 e. The first kappa shape index (κ1) is 34.8. The van der Waals surface area contributed by atoms with E-state index in [-0.39, 0.29) is 10.8 Å². The molecule has 0 heterocycles. The summed E-state index contributed by atoms with van der Waals surface area (Å²) in [6.45, 7) is 9.67. The molecule has 3 aliphatic rings. The monoisotopic (exact) mass is 776 g/mol. The quantitative estimate of drug-likeness (QED) is 0.157. The maximum atomic E-state index is 2.50. The number of hydrogen-bond acceptors (Lipinski definition) is 0. The van der Waals surface area contributed by atoms with Crippen LogP contribution in [-0.4, -0.2) is 0 Å². The van der Waals surface area contributed by atoms with Gasteiger partial charge in [-0.25, -0.2) is 0 Å². The summed E-state index contributed by atoms with van der Waals surface area (Å²) in [5.74, 6) is 0. The van der Waals surface area contributed by atoms with E-state index in [1.165, 1.54) is 132 Å². The van der Waals surface area contributed by atoms with Gasteiger partial charge in [-0.15, -0.1) is 0 Å². The average molecular weight is 777 g/mol. The van der Waals surface area contributed by atoms with Gasteiger partial charge < -0.3 is 0 Å². The van der Waals surface area contributed by atoms with Gasteiger partial charge in [-0.1, -0.05) is 191 Å². The number of hydrogen-bond donors (Lipinski definition) is 0. The molecular weight excluding hydrogens is 733 g/mol. The first-order valence-electron chi connectivity index (χ1n) is 21.9. The maximum absolute atomic E-state index is 2.50. The molecule has 0 aromatic heterocycles. The molecule has 288 valence electrons. The van der Waals surface area contributed by atoms with Crippen LogP contribution in [-0.2, 0) is 17.3 Å². The molecule has 13 rings (SSSR count). The number of rotatable bonds is 3. The first-order chi connectivity index (χ1) is 29.8. The van der Waals surface area contributed by atoms with E-state index in [0.717, 1.165) is 6.42 Å². The minimum atomic E-state index is -0.170. The summed E-state index contributed by atoms with van der Waals surface area (Å²) in [6.07, 6.45) is 1.02. The van der Waals surface area contributed by atoms with Crippen LogP contribution in [0, 0.1) is 0 Å². The predicted octanol–water partition coefficient (Wildman–Crippen LogP) is 16.3. The molecule has 61 heavy (non-hydrogen) atoms. The molecule has 0 nitrogen and oxygen atoms in total. The van der Waals surface area contributed by atoms with Gasteiger partial charge >= 0.3 is 0 Å². The minimum Gasteiger partial charge on any atom is -0.0622 e. The van der Waals surface area contributed by atoms with E-state index in [1.54, 1.807) is 0 Å². The fourth-order valence-electron chi connectivity index (χ4n) is 11.9. The minimum absolute atomic E-state index is 0.109. The summed E-state index contributed by atoms with van der Waals surface area (Å²) in [7, 11) is 0. The third-order valence-electron chi connectivity index (χ3n) is 14.9. The summed E-state index contributed by atoms with van der Waals surface area (Å²) in [4.78, 5) is 0.